The monoisotopic (exact) mass is 615 g/mol. The number of hydrogen-bond donors (Lipinski definition) is 3. The lowest BCUT2D eigenvalue weighted by Crippen LogP contribution is -2.40. The number of aliphatic hydroxyl groups excluding tert-OH is 2. The minimum absolute atomic E-state index is 0.0828. The highest BCUT2D eigenvalue weighted by molar-refractivity contribution is 5.84. The standard InChI is InChI=1S/C37H45NO7/c39-24-33(40)27-42-19-20-44-35-14-11-31-21-29(7-8-32(31)22-35)26-45-37-23-38-16-15-36(37)30-9-12-34(13-10-30)43-18-4-17-41-25-28-5-2-1-3-6-28/h1-3,5-14,21-22,33,36-40H,4,15-20,23-27H2. The number of aliphatic hydroxyl groups is 2. The number of fused-ring (bicyclic) bond motifs is 1. The molecule has 8 nitrogen and oxygen atoms in total. The van der Waals surface area contributed by atoms with Crippen molar-refractivity contribution < 1.29 is 33.9 Å². The molecule has 240 valence electrons. The zero-order chi connectivity index (χ0) is 31.1. The van der Waals surface area contributed by atoms with Crippen LogP contribution in [0.15, 0.2) is 91.0 Å². The van der Waals surface area contributed by atoms with E-state index in [1.165, 1.54) is 11.1 Å². The summed E-state index contributed by atoms with van der Waals surface area (Å²) < 4.78 is 29.3. The van der Waals surface area contributed by atoms with E-state index in [2.05, 4.69) is 66.0 Å². The third-order valence-corrected chi connectivity index (χ3v) is 7.91. The van der Waals surface area contributed by atoms with E-state index in [9.17, 15) is 5.11 Å². The lowest BCUT2D eigenvalue weighted by molar-refractivity contribution is -0.00137. The molecule has 4 aromatic rings. The molecule has 1 aliphatic rings. The third kappa shape index (κ3) is 10.5. The molecule has 5 rings (SSSR count). The maximum absolute atomic E-state index is 9.33. The molecule has 1 heterocycles. The number of rotatable bonds is 18. The van der Waals surface area contributed by atoms with Crippen molar-refractivity contribution >= 4 is 10.8 Å². The molecule has 0 aliphatic carbocycles. The van der Waals surface area contributed by atoms with Gasteiger partial charge in [-0.25, -0.2) is 0 Å². The summed E-state index contributed by atoms with van der Waals surface area (Å²) in [5.41, 5.74) is 3.60. The van der Waals surface area contributed by atoms with Gasteiger partial charge in [-0.1, -0.05) is 60.7 Å². The molecule has 0 amide bonds. The van der Waals surface area contributed by atoms with E-state index < -0.39 is 6.10 Å². The van der Waals surface area contributed by atoms with Gasteiger partial charge in [-0.05, 0) is 70.8 Å². The van der Waals surface area contributed by atoms with Gasteiger partial charge >= 0.3 is 0 Å². The van der Waals surface area contributed by atoms with Crippen molar-refractivity contribution in [1.29, 1.82) is 0 Å². The van der Waals surface area contributed by atoms with E-state index >= 15 is 0 Å². The van der Waals surface area contributed by atoms with Crippen molar-refractivity contribution in [2.75, 3.05) is 52.7 Å². The Kier molecular flexibility index (Phi) is 13.0. The molecule has 0 spiro atoms. The summed E-state index contributed by atoms with van der Waals surface area (Å²) in [5.74, 6) is 1.96. The molecule has 0 saturated carbocycles. The van der Waals surface area contributed by atoms with Gasteiger partial charge in [-0.15, -0.1) is 0 Å². The Morgan fingerprint density at radius 3 is 2.36 bits per heavy atom. The van der Waals surface area contributed by atoms with Crippen LogP contribution in [0.1, 0.15) is 35.4 Å². The largest absolute Gasteiger partial charge is 0.494 e. The number of hydrogen-bond acceptors (Lipinski definition) is 8. The van der Waals surface area contributed by atoms with E-state index in [-0.39, 0.29) is 19.3 Å². The number of nitrogens with one attached hydrogen (secondary N) is 1. The van der Waals surface area contributed by atoms with Gasteiger partial charge in [0.1, 0.15) is 24.2 Å². The van der Waals surface area contributed by atoms with Crippen LogP contribution in [0.5, 0.6) is 11.5 Å². The van der Waals surface area contributed by atoms with Crippen LogP contribution in [0.3, 0.4) is 0 Å². The molecule has 0 bridgehead atoms. The van der Waals surface area contributed by atoms with E-state index in [4.69, 9.17) is 28.8 Å². The minimum Gasteiger partial charge on any atom is -0.494 e. The molecule has 1 aliphatic heterocycles. The average molecular weight is 616 g/mol. The van der Waals surface area contributed by atoms with Gasteiger partial charge in [0.05, 0.1) is 52.4 Å². The van der Waals surface area contributed by atoms with Crippen molar-refractivity contribution in [3.63, 3.8) is 0 Å². The first-order valence-electron chi connectivity index (χ1n) is 15.9. The minimum atomic E-state index is -0.858. The first kappa shape index (κ1) is 32.9. The molecule has 1 fully saturated rings. The van der Waals surface area contributed by atoms with Crippen LogP contribution in [0.25, 0.3) is 10.8 Å². The lowest BCUT2D eigenvalue weighted by atomic mass is 9.87. The third-order valence-electron chi connectivity index (χ3n) is 7.91. The molecular weight excluding hydrogens is 570 g/mol. The summed E-state index contributed by atoms with van der Waals surface area (Å²) in [7, 11) is 0. The second-order valence-electron chi connectivity index (χ2n) is 11.4. The molecule has 3 unspecified atom stereocenters. The van der Waals surface area contributed by atoms with Crippen molar-refractivity contribution in [3.05, 3.63) is 108 Å². The Hall–Kier alpha value is -3.50. The van der Waals surface area contributed by atoms with E-state index in [0.717, 1.165) is 53.8 Å². The first-order chi connectivity index (χ1) is 22.2. The highest BCUT2D eigenvalue weighted by Gasteiger charge is 2.27. The van der Waals surface area contributed by atoms with Gasteiger partial charge in [0.2, 0.25) is 0 Å². The van der Waals surface area contributed by atoms with Crippen molar-refractivity contribution in [2.24, 2.45) is 0 Å². The van der Waals surface area contributed by atoms with Crippen molar-refractivity contribution in [3.8, 4) is 11.5 Å². The fraction of sp³-hybridized carbons (Fsp3) is 0.405. The average Bonchev–Trinajstić information content (AvgIpc) is 3.09. The van der Waals surface area contributed by atoms with Crippen molar-refractivity contribution in [1.82, 2.24) is 5.32 Å². The van der Waals surface area contributed by atoms with Crippen LogP contribution in [0, 0.1) is 0 Å². The highest BCUT2D eigenvalue weighted by atomic mass is 16.5. The summed E-state index contributed by atoms with van der Waals surface area (Å²) in [6.45, 7) is 4.75. The van der Waals surface area contributed by atoms with Crippen LogP contribution < -0.4 is 14.8 Å². The number of ether oxygens (including phenoxy) is 5. The first-order valence-corrected chi connectivity index (χ1v) is 15.9. The number of piperidine rings is 1. The van der Waals surface area contributed by atoms with Crippen LogP contribution in [0.4, 0.5) is 0 Å². The Morgan fingerprint density at radius 1 is 0.733 bits per heavy atom. The topological polar surface area (TPSA) is 98.6 Å². The van der Waals surface area contributed by atoms with Crippen LogP contribution in [-0.2, 0) is 27.4 Å². The fourth-order valence-electron chi connectivity index (χ4n) is 5.46. The van der Waals surface area contributed by atoms with E-state index in [1.54, 1.807) is 0 Å². The smallest absolute Gasteiger partial charge is 0.120 e. The summed E-state index contributed by atoms with van der Waals surface area (Å²) in [4.78, 5) is 0. The summed E-state index contributed by atoms with van der Waals surface area (Å²) in [5, 5.41) is 23.9. The van der Waals surface area contributed by atoms with E-state index in [0.29, 0.717) is 45.6 Å². The molecule has 0 radical (unpaired) electrons. The SMILES string of the molecule is OCC(O)COCCOc1ccc2cc(COC3CNCCC3c3ccc(OCCCOCc4ccccc4)cc3)ccc2c1. The van der Waals surface area contributed by atoms with E-state index in [1.807, 2.05) is 30.3 Å². The van der Waals surface area contributed by atoms with Gasteiger partial charge in [0, 0.05) is 18.9 Å². The lowest BCUT2D eigenvalue weighted by Gasteiger charge is -2.32. The van der Waals surface area contributed by atoms with Gasteiger partial charge < -0.3 is 39.2 Å². The van der Waals surface area contributed by atoms with Gasteiger partial charge in [-0.3, -0.25) is 0 Å². The molecule has 45 heavy (non-hydrogen) atoms. The summed E-state index contributed by atoms with van der Waals surface area (Å²) >= 11 is 0. The zero-order valence-corrected chi connectivity index (χ0v) is 25.8. The predicted octanol–water partition coefficient (Wildman–Crippen LogP) is 5.24. The Bertz CT molecular complexity index is 1420. The highest BCUT2D eigenvalue weighted by Crippen LogP contribution is 2.30. The van der Waals surface area contributed by atoms with Gasteiger partial charge in [-0.2, -0.15) is 0 Å². The second kappa shape index (κ2) is 17.8. The van der Waals surface area contributed by atoms with Crippen LogP contribution >= 0.6 is 0 Å². The maximum atomic E-state index is 9.33. The Labute approximate surface area is 265 Å². The quantitative estimate of drug-likeness (QED) is 0.131. The molecule has 4 aromatic carbocycles. The molecule has 1 saturated heterocycles. The maximum Gasteiger partial charge on any atom is 0.120 e. The molecular formula is C37H45NO7. The normalized spacial score (nSPS) is 17.3. The molecule has 3 N–H and O–H groups in total. The Balaban J connectivity index is 1.05. The van der Waals surface area contributed by atoms with Gasteiger partial charge in [0.15, 0.2) is 0 Å². The summed E-state index contributed by atoms with van der Waals surface area (Å²) in [6, 6.07) is 31.1. The molecule has 0 aromatic heterocycles. The number of benzene rings is 4. The van der Waals surface area contributed by atoms with Gasteiger partial charge in [0.25, 0.3) is 0 Å². The zero-order valence-electron chi connectivity index (χ0n) is 25.8. The predicted molar refractivity (Wildman–Crippen MR) is 175 cm³/mol. The Morgan fingerprint density at radius 2 is 1.51 bits per heavy atom. The van der Waals surface area contributed by atoms with Crippen LogP contribution in [0.2, 0.25) is 0 Å². The van der Waals surface area contributed by atoms with Crippen LogP contribution in [-0.4, -0.2) is 75.2 Å². The summed E-state index contributed by atoms with van der Waals surface area (Å²) in [6.07, 6.45) is 1.09. The van der Waals surface area contributed by atoms with Crippen molar-refractivity contribution in [2.45, 2.75) is 44.2 Å². The molecule has 8 heteroatoms. The fourth-order valence-corrected chi connectivity index (χ4v) is 5.46. The second-order valence-corrected chi connectivity index (χ2v) is 11.4. The molecule has 3 atom stereocenters.